The molecule has 108 valence electrons. The Labute approximate surface area is 122 Å². The number of nitrogens with one attached hydrogen (secondary N) is 1. The molecule has 8 heteroatoms. The van der Waals surface area contributed by atoms with Gasteiger partial charge in [-0.1, -0.05) is 11.6 Å². The lowest BCUT2D eigenvalue weighted by molar-refractivity contribution is -0.144. The second kappa shape index (κ2) is 6.70. The molecule has 1 N–H and O–H groups in total. The van der Waals surface area contributed by atoms with Crippen molar-refractivity contribution in [3.05, 3.63) is 28.8 Å². The zero-order valence-electron chi connectivity index (χ0n) is 10.9. The molecule has 6 nitrogen and oxygen atoms in total. The Hall–Kier alpha value is -1.62. The van der Waals surface area contributed by atoms with Crippen LogP contribution in [0.15, 0.2) is 23.1 Å². The van der Waals surface area contributed by atoms with Gasteiger partial charge >= 0.3 is 5.97 Å². The number of esters is 1. The highest BCUT2D eigenvalue weighted by atomic mass is 35.5. The third-order valence-electron chi connectivity index (χ3n) is 2.32. The molecule has 0 aromatic heterocycles. The van der Waals surface area contributed by atoms with Crippen molar-refractivity contribution < 1.29 is 17.9 Å². The fraction of sp³-hybridized carbons (Fsp3) is 0.333. The first-order valence-electron chi connectivity index (χ1n) is 5.70. The summed E-state index contributed by atoms with van der Waals surface area (Å²) in [6, 6.07) is 4.59. The van der Waals surface area contributed by atoms with Gasteiger partial charge in [0.25, 0.3) is 0 Å². The van der Waals surface area contributed by atoms with E-state index in [1.165, 1.54) is 25.1 Å². The lowest BCUT2D eigenvalue weighted by Gasteiger charge is -2.13. The number of carbonyl (C=O) groups is 1. The van der Waals surface area contributed by atoms with Gasteiger partial charge in [-0.25, -0.2) is 8.42 Å². The smallest absolute Gasteiger partial charge is 0.323 e. The Morgan fingerprint density at radius 2 is 2.20 bits per heavy atom. The minimum absolute atomic E-state index is 0.0902. The molecule has 1 aromatic carbocycles. The van der Waals surface area contributed by atoms with Gasteiger partial charge in [0.1, 0.15) is 10.9 Å². The highest BCUT2D eigenvalue weighted by molar-refractivity contribution is 7.89. The van der Waals surface area contributed by atoms with E-state index in [1.807, 2.05) is 6.07 Å². The van der Waals surface area contributed by atoms with Crippen LogP contribution >= 0.6 is 11.6 Å². The van der Waals surface area contributed by atoms with Gasteiger partial charge in [-0.3, -0.25) is 4.79 Å². The van der Waals surface area contributed by atoms with Gasteiger partial charge in [0.2, 0.25) is 10.0 Å². The summed E-state index contributed by atoms with van der Waals surface area (Å²) in [5.41, 5.74) is 0.243. The third-order valence-corrected chi connectivity index (χ3v) is 4.35. The van der Waals surface area contributed by atoms with E-state index in [2.05, 4.69) is 4.72 Å². The SMILES string of the molecule is CCOC(=O)C(C)NS(=O)(=O)c1ccc(C#N)cc1Cl. The number of rotatable bonds is 5. The number of sulfonamides is 1. The van der Waals surface area contributed by atoms with Crippen LogP contribution in [0.2, 0.25) is 5.02 Å². The summed E-state index contributed by atoms with van der Waals surface area (Å²) < 4.78 is 31.0. The monoisotopic (exact) mass is 316 g/mol. The molecule has 0 saturated carbocycles. The van der Waals surface area contributed by atoms with Gasteiger partial charge in [0.15, 0.2) is 0 Å². The Kier molecular flexibility index (Phi) is 5.51. The summed E-state index contributed by atoms with van der Waals surface area (Å²) in [7, 11) is -3.97. The highest BCUT2D eigenvalue weighted by Gasteiger charge is 2.24. The Balaban J connectivity index is 3.01. The van der Waals surface area contributed by atoms with Crippen molar-refractivity contribution in [1.29, 1.82) is 5.26 Å². The first-order valence-corrected chi connectivity index (χ1v) is 7.56. The maximum absolute atomic E-state index is 12.1. The fourth-order valence-electron chi connectivity index (χ4n) is 1.40. The molecule has 0 radical (unpaired) electrons. The maximum atomic E-state index is 12.1. The number of ether oxygens (including phenoxy) is 1. The minimum atomic E-state index is -3.97. The van der Waals surface area contributed by atoms with Gasteiger partial charge in [-0.15, -0.1) is 0 Å². The first-order chi connectivity index (χ1) is 9.31. The molecule has 1 aromatic rings. The van der Waals surface area contributed by atoms with Crippen molar-refractivity contribution in [2.24, 2.45) is 0 Å². The average Bonchev–Trinajstić information content (AvgIpc) is 2.37. The first kappa shape index (κ1) is 16.4. The van der Waals surface area contributed by atoms with Crippen LogP contribution in [0, 0.1) is 11.3 Å². The zero-order valence-corrected chi connectivity index (χ0v) is 12.5. The number of carbonyl (C=O) groups excluding carboxylic acids is 1. The van der Waals surface area contributed by atoms with Crippen LogP contribution in [0.1, 0.15) is 19.4 Å². The Morgan fingerprint density at radius 3 is 2.70 bits per heavy atom. The van der Waals surface area contributed by atoms with Gasteiger partial charge < -0.3 is 4.74 Å². The summed E-state index contributed by atoms with van der Waals surface area (Å²) in [5.74, 6) is -0.680. The number of halogens is 1. The molecule has 0 bridgehead atoms. The number of nitriles is 1. The summed E-state index contributed by atoms with van der Waals surface area (Å²) in [6.07, 6.45) is 0. The van der Waals surface area contributed by atoms with Crippen LogP contribution in [-0.4, -0.2) is 27.0 Å². The quantitative estimate of drug-likeness (QED) is 0.829. The number of nitrogens with zero attached hydrogens (tertiary/aromatic N) is 1. The molecule has 0 aliphatic heterocycles. The lowest BCUT2D eigenvalue weighted by atomic mass is 10.2. The molecule has 0 aliphatic carbocycles. The number of hydrogen-bond acceptors (Lipinski definition) is 5. The standard InChI is InChI=1S/C12H13ClN2O4S/c1-3-19-12(16)8(2)15-20(17,18)11-5-4-9(7-14)6-10(11)13/h4-6,8,15H,3H2,1-2H3. The molecule has 1 unspecified atom stereocenters. The molecule has 0 fully saturated rings. The molecule has 0 aliphatic rings. The molecule has 0 heterocycles. The number of benzene rings is 1. The van der Waals surface area contributed by atoms with Crippen LogP contribution in [-0.2, 0) is 19.6 Å². The second-order valence-electron chi connectivity index (χ2n) is 3.85. The summed E-state index contributed by atoms with van der Waals surface area (Å²) in [5, 5.41) is 8.61. The van der Waals surface area contributed by atoms with Crippen molar-refractivity contribution >= 4 is 27.6 Å². The summed E-state index contributed by atoms with van der Waals surface area (Å²) in [4.78, 5) is 11.2. The summed E-state index contributed by atoms with van der Waals surface area (Å²) in [6.45, 7) is 3.15. The fourth-order valence-corrected chi connectivity index (χ4v) is 3.14. The highest BCUT2D eigenvalue weighted by Crippen LogP contribution is 2.22. The molecule has 0 saturated heterocycles. The molecule has 1 rings (SSSR count). The van der Waals surface area contributed by atoms with Gasteiger partial charge in [-0.2, -0.15) is 9.98 Å². The maximum Gasteiger partial charge on any atom is 0.323 e. The van der Waals surface area contributed by atoms with Gasteiger partial charge in [0.05, 0.1) is 23.3 Å². The van der Waals surface area contributed by atoms with E-state index in [4.69, 9.17) is 21.6 Å². The van der Waals surface area contributed by atoms with Crippen molar-refractivity contribution in [3.8, 4) is 6.07 Å². The molecule has 0 amide bonds. The van der Waals surface area contributed by atoms with Crippen molar-refractivity contribution in [2.75, 3.05) is 6.61 Å². The minimum Gasteiger partial charge on any atom is -0.465 e. The Bertz CT molecular complexity index is 652. The van der Waals surface area contributed by atoms with E-state index in [0.29, 0.717) is 0 Å². The molecule has 0 spiro atoms. The van der Waals surface area contributed by atoms with E-state index in [-0.39, 0.29) is 22.1 Å². The normalized spacial score (nSPS) is 12.5. The van der Waals surface area contributed by atoms with E-state index in [0.717, 1.165) is 0 Å². The molecular weight excluding hydrogens is 304 g/mol. The largest absolute Gasteiger partial charge is 0.465 e. The van der Waals surface area contributed by atoms with Crippen molar-refractivity contribution in [2.45, 2.75) is 24.8 Å². The number of hydrogen-bond donors (Lipinski definition) is 1. The van der Waals surface area contributed by atoms with E-state index in [9.17, 15) is 13.2 Å². The van der Waals surface area contributed by atoms with E-state index in [1.54, 1.807) is 6.92 Å². The van der Waals surface area contributed by atoms with Crippen molar-refractivity contribution in [1.82, 2.24) is 4.72 Å². The van der Waals surface area contributed by atoms with Crippen LogP contribution < -0.4 is 4.72 Å². The Morgan fingerprint density at radius 1 is 1.55 bits per heavy atom. The van der Waals surface area contributed by atoms with Crippen LogP contribution in [0.3, 0.4) is 0 Å². The second-order valence-corrected chi connectivity index (χ2v) is 5.94. The molecule has 1 atom stereocenters. The van der Waals surface area contributed by atoms with E-state index < -0.39 is 22.0 Å². The van der Waals surface area contributed by atoms with Gasteiger partial charge in [-0.05, 0) is 32.0 Å². The third kappa shape index (κ3) is 3.93. The van der Waals surface area contributed by atoms with Crippen LogP contribution in [0.5, 0.6) is 0 Å². The lowest BCUT2D eigenvalue weighted by Crippen LogP contribution is -2.39. The predicted octanol–water partition coefficient (Wildman–Crippen LogP) is 1.44. The average molecular weight is 317 g/mol. The molecular formula is C12H13ClN2O4S. The zero-order chi connectivity index (χ0) is 15.3. The van der Waals surface area contributed by atoms with Gasteiger partial charge in [0, 0.05) is 0 Å². The van der Waals surface area contributed by atoms with Crippen LogP contribution in [0.25, 0.3) is 0 Å². The van der Waals surface area contributed by atoms with Crippen molar-refractivity contribution in [3.63, 3.8) is 0 Å². The topological polar surface area (TPSA) is 96.3 Å². The predicted molar refractivity (Wildman–Crippen MR) is 72.6 cm³/mol. The van der Waals surface area contributed by atoms with E-state index >= 15 is 0 Å². The van der Waals surface area contributed by atoms with Crippen LogP contribution in [0.4, 0.5) is 0 Å². The molecule has 20 heavy (non-hydrogen) atoms. The summed E-state index contributed by atoms with van der Waals surface area (Å²) >= 11 is 5.83.